The minimum absolute atomic E-state index is 0.759. The summed E-state index contributed by atoms with van der Waals surface area (Å²) in [5.41, 5.74) is 9.49. The van der Waals surface area contributed by atoms with Gasteiger partial charge in [-0.1, -0.05) is 41.9 Å². The molecule has 0 fully saturated rings. The Morgan fingerprint density at radius 2 is 2.05 bits per heavy atom. The van der Waals surface area contributed by atoms with Gasteiger partial charge in [0.25, 0.3) is 0 Å². The Morgan fingerprint density at radius 1 is 1.26 bits per heavy atom. The Hall–Kier alpha value is -1.03. The van der Waals surface area contributed by atoms with Crippen LogP contribution >= 0.6 is 22.9 Å². The van der Waals surface area contributed by atoms with Gasteiger partial charge in [-0.15, -0.1) is 11.3 Å². The summed E-state index contributed by atoms with van der Waals surface area (Å²) in [6.07, 6.45) is 2.13. The number of hydrogen-bond acceptors (Lipinski definition) is 3. The zero-order valence-corrected chi connectivity index (χ0v) is 12.3. The van der Waals surface area contributed by atoms with Gasteiger partial charge < -0.3 is 5.73 Å². The third kappa shape index (κ3) is 2.78. The zero-order valence-electron chi connectivity index (χ0n) is 10.7. The van der Waals surface area contributed by atoms with Gasteiger partial charge in [0, 0.05) is 24.5 Å². The lowest BCUT2D eigenvalue weighted by Crippen LogP contribution is -2.31. The monoisotopic (exact) mass is 292 g/mol. The summed E-state index contributed by atoms with van der Waals surface area (Å²) in [6, 6.07) is 10.6. The Labute approximate surface area is 122 Å². The van der Waals surface area contributed by atoms with Crippen LogP contribution in [0.4, 0.5) is 5.69 Å². The molecule has 3 rings (SSSR count). The maximum absolute atomic E-state index is 6.12. The summed E-state index contributed by atoms with van der Waals surface area (Å²) < 4.78 is 0.759. The SMILES string of the molecule is Nc1c(Cl)sc2c1CCN(CCc1ccccc1)C2. The summed E-state index contributed by atoms with van der Waals surface area (Å²) in [6.45, 7) is 3.17. The second-order valence-electron chi connectivity index (χ2n) is 4.95. The van der Waals surface area contributed by atoms with Crippen LogP contribution in [-0.2, 0) is 19.4 Å². The van der Waals surface area contributed by atoms with Gasteiger partial charge in [-0.2, -0.15) is 0 Å². The summed E-state index contributed by atoms with van der Waals surface area (Å²) in [5, 5.41) is 0. The predicted molar refractivity (Wildman–Crippen MR) is 82.9 cm³/mol. The first kappa shape index (κ1) is 13.0. The average molecular weight is 293 g/mol. The van der Waals surface area contributed by atoms with E-state index in [-0.39, 0.29) is 0 Å². The molecule has 0 unspecified atom stereocenters. The Balaban J connectivity index is 1.63. The number of nitrogens with two attached hydrogens (primary N) is 1. The van der Waals surface area contributed by atoms with Crippen molar-refractivity contribution in [1.29, 1.82) is 0 Å². The van der Waals surface area contributed by atoms with Crippen molar-refractivity contribution in [2.75, 3.05) is 18.8 Å². The van der Waals surface area contributed by atoms with Crippen LogP contribution in [0.1, 0.15) is 16.0 Å². The number of nitrogen functional groups attached to an aromatic ring is 1. The molecule has 1 aliphatic rings. The van der Waals surface area contributed by atoms with Crippen molar-refractivity contribution in [2.24, 2.45) is 0 Å². The average Bonchev–Trinajstić information content (AvgIpc) is 2.73. The molecule has 19 heavy (non-hydrogen) atoms. The van der Waals surface area contributed by atoms with E-state index in [9.17, 15) is 0 Å². The molecule has 2 aromatic rings. The molecule has 0 saturated carbocycles. The quantitative estimate of drug-likeness (QED) is 0.937. The van der Waals surface area contributed by atoms with Crippen molar-refractivity contribution in [3.63, 3.8) is 0 Å². The van der Waals surface area contributed by atoms with Crippen molar-refractivity contribution >= 4 is 28.6 Å². The van der Waals surface area contributed by atoms with Crippen LogP contribution in [0.15, 0.2) is 30.3 Å². The van der Waals surface area contributed by atoms with Crippen LogP contribution in [0.5, 0.6) is 0 Å². The molecule has 2 heterocycles. The van der Waals surface area contributed by atoms with E-state index >= 15 is 0 Å². The summed E-state index contributed by atoms with van der Waals surface area (Å²) in [7, 11) is 0. The van der Waals surface area contributed by atoms with Gasteiger partial charge in [0.1, 0.15) is 4.34 Å². The summed E-state index contributed by atoms with van der Waals surface area (Å²) in [4.78, 5) is 3.84. The van der Waals surface area contributed by atoms with Crippen LogP contribution in [0.25, 0.3) is 0 Å². The molecule has 0 bridgehead atoms. The highest BCUT2D eigenvalue weighted by atomic mass is 35.5. The smallest absolute Gasteiger partial charge is 0.116 e. The minimum Gasteiger partial charge on any atom is -0.397 e. The minimum atomic E-state index is 0.759. The number of thiophene rings is 1. The van der Waals surface area contributed by atoms with E-state index in [4.69, 9.17) is 17.3 Å². The largest absolute Gasteiger partial charge is 0.397 e. The highest BCUT2D eigenvalue weighted by Gasteiger charge is 2.22. The van der Waals surface area contributed by atoms with Crippen LogP contribution in [0, 0.1) is 0 Å². The molecule has 1 aliphatic heterocycles. The molecular formula is C15H17ClN2S. The Kier molecular flexibility index (Phi) is 3.78. The maximum Gasteiger partial charge on any atom is 0.116 e. The van der Waals surface area contributed by atoms with E-state index < -0.39 is 0 Å². The number of fused-ring (bicyclic) bond motifs is 1. The number of rotatable bonds is 3. The highest BCUT2D eigenvalue weighted by molar-refractivity contribution is 7.17. The lowest BCUT2D eigenvalue weighted by molar-refractivity contribution is 0.261. The molecule has 1 aromatic carbocycles. The fourth-order valence-corrected chi connectivity index (χ4v) is 4.00. The summed E-state index contributed by atoms with van der Waals surface area (Å²) >= 11 is 7.76. The van der Waals surface area contributed by atoms with E-state index in [1.807, 2.05) is 0 Å². The summed E-state index contributed by atoms with van der Waals surface area (Å²) in [5.74, 6) is 0. The molecule has 0 radical (unpaired) electrons. The standard InChI is InChI=1S/C15H17ClN2S/c16-15-14(17)12-7-9-18(10-13(12)19-15)8-6-11-4-2-1-3-5-11/h1-5H,6-10,17H2. The number of benzene rings is 1. The first-order chi connectivity index (χ1) is 9.24. The van der Waals surface area contributed by atoms with Crippen molar-refractivity contribution in [3.05, 3.63) is 50.7 Å². The Morgan fingerprint density at radius 3 is 2.84 bits per heavy atom. The first-order valence-corrected chi connectivity index (χ1v) is 7.75. The molecular weight excluding hydrogens is 276 g/mol. The Bertz CT molecular complexity index is 565. The predicted octanol–water partition coefficient (Wildman–Crippen LogP) is 3.58. The fourth-order valence-electron chi connectivity index (χ4n) is 2.57. The van der Waals surface area contributed by atoms with Crippen molar-refractivity contribution < 1.29 is 0 Å². The van der Waals surface area contributed by atoms with Crippen LogP contribution < -0.4 is 5.73 Å². The van der Waals surface area contributed by atoms with Gasteiger partial charge in [0.2, 0.25) is 0 Å². The number of nitrogens with zero attached hydrogens (tertiary/aromatic N) is 1. The normalized spacial score (nSPS) is 15.4. The fraction of sp³-hybridized carbons (Fsp3) is 0.333. The van der Waals surface area contributed by atoms with Crippen LogP contribution in [-0.4, -0.2) is 18.0 Å². The maximum atomic E-state index is 6.12. The van der Waals surface area contributed by atoms with Gasteiger partial charge >= 0.3 is 0 Å². The van der Waals surface area contributed by atoms with Crippen LogP contribution in [0.3, 0.4) is 0 Å². The van der Waals surface area contributed by atoms with Crippen molar-refractivity contribution in [1.82, 2.24) is 4.90 Å². The molecule has 0 amide bonds. The lowest BCUT2D eigenvalue weighted by atomic mass is 10.1. The van der Waals surface area contributed by atoms with Gasteiger partial charge in [0.05, 0.1) is 5.69 Å². The molecule has 2 nitrogen and oxygen atoms in total. The molecule has 2 N–H and O–H groups in total. The second-order valence-corrected chi connectivity index (χ2v) is 6.66. The molecule has 0 aliphatic carbocycles. The third-order valence-electron chi connectivity index (χ3n) is 3.69. The lowest BCUT2D eigenvalue weighted by Gasteiger charge is -2.26. The third-order valence-corrected chi connectivity index (χ3v) is 5.15. The van der Waals surface area contributed by atoms with Gasteiger partial charge in [-0.25, -0.2) is 0 Å². The first-order valence-electron chi connectivity index (χ1n) is 6.56. The molecule has 1 aromatic heterocycles. The highest BCUT2D eigenvalue weighted by Crippen LogP contribution is 2.38. The van der Waals surface area contributed by atoms with E-state index in [2.05, 4.69) is 35.2 Å². The number of hydrogen-bond donors (Lipinski definition) is 1. The van der Waals surface area contributed by atoms with Crippen molar-refractivity contribution in [3.8, 4) is 0 Å². The number of anilines is 1. The topological polar surface area (TPSA) is 29.3 Å². The van der Waals surface area contributed by atoms with E-state index in [1.165, 1.54) is 16.0 Å². The van der Waals surface area contributed by atoms with Crippen molar-refractivity contribution in [2.45, 2.75) is 19.4 Å². The van der Waals surface area contributed by atoms with Crippen LogP contribution in [0.2, 0.25) is 4.34 Å². The van der Waals surface area contributed by atoms with Gasteiger partial charge in [-0.05, 0) is 24.0 Å². The molecule has 0 saturated heterocycles. The van der Waals surface area contributed by atoms with E-state index in [0.29, 0.717) is 0 Å². The molecule has 4 heteroatoms. The molecule has 100 valence electrons. The number of halogens is 1. The van der Waals surface area contributed by atoms with E-state index in [0.717, 1.165) is 42.5 Å². The van der Waals surface area contributed by atoms with E-state index in [1.54, 1.807) is 11.3 Å². The zero-order chi connectivity index (χ0) is 13.2. The molecule has 0 atom stereocenters. The second kappa shape index (κ2) is 5.53. The van der Waals surface area contributed by atoms with Gasteiger partial charge in [0.15, 0.2) is 0 Å². The molecule has 0 spiro atoms. The van der Waals surface area contributed by atoms with Gasteiger partial charge in [-0.3, -0.25) is 4.90 Å².